The van der Waals surface area contributed by atoms with Crippen LogP contribution in [0, 0.1) is 0 Å². The van der Waals surface area contributed by atoms with Crippen LogP contribution in [-0.2, 0) is 24.4 Å². The highest BCUT2D eigenvalue weighted by Crippen LogP contribution is 2.10. The van der Waals surface area contributed by atoms with Crippen molar-refractivity contribution in [2.45, 2.75) is 52.1 Å². The second-order valence-corrected chi connectivity index (χ2v) is 4.73. The van der Waals surface area contributed by atoms with Crippen LogP contribution in [0.2, 0.25) is 0 Å². The van der Waals surface area contributed by atoms with Crippen LogP contribution in [0.1, 0.15) is 46.0 Å². The van der Waals surface area contributed by atoms with Gasteiger partial charge in [0, 0.05) is 0 Å². The van der Waals surface area contributed by atoms with E-state index in [0.29, 0.717) is 0 Å². The second-order valence-electron chi connectivity index (χ2n) is 3.74. The number of hydrogen-bond donors (Lipinski definition) is 1. The van der Waals surface area contributed by atoms with Gasteiger partial charge in [0.05, 0.1) is 12.7 Å². The van der Waals surface area contributed by atoms with Crippen molar-refractivity contribution >= 4 is 10.4 Å². The second kappa shape index (κ2) is 9.78. The fourth-order valence-corrected chi connectivity index (χ4v) is 1.60. The van der Waals surface area contributed by atoms with Gasteiger partial charge in [0.1, 0.15) is 6.61 Å². The van der Waals surface area contributed by atoms with Gasteiger partial charge in [0.2, 0.25) is 0 Å². The maximum atomic E-state index is 10.1. The van der Waals surface area contributed by atoms with Crippen molar-refractivity contribution in [2.24, 2.45) is 0 Å². The first-order valence-corrected chi connectivity index (χ1v) is 7.26. The van der Waals surface area contributed by atoms with Crippen molar-refractivity contribution in [2.75, 3.05) is 13.2 Å². The third kappa shape index (κ3) is 12.0. The van der Waals surface area contributed by atoms with Crippen LogP contribution in [0.4, 0.5) is 0 Å². The van der Waals surface area contributed by atoms with E-state index in [1.165, 1.54) is 0 Å². The van der Waals surface area contributed by atoms with Crippen LogP contribution in [-0.4, -0.2) is 32.3 Å². The zero-order chi connectivity index (χ0) is 13.1. The minimum atomic E-state index is -4.53. The minimum absolute atomic E-state index is 0.0356. The van der Waals surface area contributed by atoms with Crippen LogP contribution in [0.15, 0.2) is 0 Å². The summed E-state index contributed by atoms with van der Waals surface area (Å²) < 4.78 is 37.7. The fraction of sp³-hybridized carbons (Fsp3) is 1.00. The Morgan fingerprint density at radius 3 is 2.35 bits per heavy atom. The van der Waals surface area contributed by atoms with Crippen LogP contribution >= 0.6 is 0 Å². The average molecular weight is 270 g/mol. The Bertz CT molecular complexity index is 264. The molecule has 0 heterocycles. The maximum absolute atomic E-state index is 10.1. The third-order valence-corrected chi connectivity index (χ3v) is 2.41. The van der Waals surface area contributed by atoms with E-state index in [4.69, 9.17) is 9.29 Å². The Labute approximate surface area is 103 Å². The molecule has 0 amide bonds. The van der Waals surface area contributed by atoms with E-state index in [1.54, 1.807) is 0 Å². The van der Waals surface area contributed by atoms with Crippen LogP contribution < -0.4 is 0 Å². The summed E-state index contributed by atoms with van der Waals surface area (Å²) in [5.74, 6) is 0. The Kier molecular flexibility index (Phi) is 9.66. The molecule has 17 heavy (non-hydrogen) atoms. The highest BCUT2D eigenvalue weighted by atomic mass is 32.3. The summed E-state index contributed by atoms with van der Waals surface area (Å²) in [6.07, 6.45) is 5.40. The molecule has 1 N–H and O–H groups in total. The van der Waals surface area contributed by atoms with Gasteiger partial charge in [-0.15, -0.1) is 0 Å². The minimum Gasteiger partial charge on any atom is -0.376 e. The predicted octanol–water partition coefficient (Wildman–Crippen LogP) is 2.11. The first-order valence-electron chi connectivity index (χ1n) is 5.89. The summed E-state index contributed by atoms with van der Waals surface area (Å²) in [5, 5.41) is 0. The summed E-state index contributed by atoms with van der Waals surface area (Å²) in [4.78, 5) is 4.27. The smallest absolute Gasteiger partial charge is 0.376 e. The van der Waals surface area contributed by atoms with Crippen molar-refractivity contribution in [3.05, 3.63) is 0 Å². The van der Waals surface area contributed by atoms with E-state index >= 15 is 0 Å². The van der Waals surface area contributed by atoms with Crippen molar-refractivity contribution < 1.29 is 26.9 Å². The molecule has 0 aromatic rings. The molecule has 0 spiro atoms. The number of ether oxygens (including phenoxy) is 1. The van der Waals surface area contributed by atoms with Crippen LogP contribution in [0.25, 0.3) is 0 Å². The van der Waals surface area contributed by atoms with Gasteiger partial charge in [-0.25, -0.2) is 4.89 Å². The van der Waals surface area contributed by atoms with Gasteiger partial charge in [-0.3, -0.25) is 4.55 Å². The predicted molar refractivity (Wildman–Crippen MR) is 62.8 cm³/mol. The first-order chi connectivity index (χ1) is 7.99. The van der Waals surface area contributed by atoms with E-state index in [9.17, 15) is 8.42 Å². The number of hydrogen-bond acceptors (Lipinski definition) is 5. The van der Waals surface area contributed by atoms with E-state index in [-0.39, 0.29) is 19.3 Å². The zero-order valence-electron chi connectivity index (χ0n) is 10.4. The molecule has 0 aliphatic heterocycles. The molecular weight excluding hydrogens is 248 g/mol. The van der Waals surface area contributed by atoms with Gasteiger partial charge in [0.25, 0.3) is 0 Å². The Hall–Kier alpha value is -0.210. The SMILES string of the molecule is CCCCC(CCC)OCCOOS(=O)(=O)O. The molecule has 1 unspecified atom stereocenters. The third-order valence-electron chi connectivity index (χ3n) is 2.14. The van der Waals surface area contributed by atoms with Gasteiger partial charge in [-0.05, 0) is 12.8 Å². The molecule has 0 aromatic heterocycles. The molecule has 6 nitrogen and oxygen atoms in total. The normalized spacial score (nSPS) is 13.8. The monoisotopic (exact) mass is 270 g/mol. The van der Waals surface area contributed by atoms with Crippen molar-refractivity contribution in [1.29, 1.82) is 0 Å². The van der Waals surface area contributed by atoms with Gasteiger partial charge < -0.3 is 4.74 Å². The zero-order valence-corrected chi connectivity index (χ0v) is 11.2. The quantitative estimate of drug-likeness (QED) is 0.268. The molecule has 0 radical (unpaired) electrons. The lowest BCUT2D eigenvalue weighted by molar-refractivity contribution is -0.218. The lowest BCUT2D eigenvalue weighted by Crippen LogP contribution is -2.17. The van der Waals surface area contributed by atoms with Gasteiger partial charge >= 0.3 is 10.4 Å². The standard InChI is InChI=1S/C10H22O6S/c1-3-5-7-10(6-4-2)14-8-9-15-16-17(11,12)13/h10H,3-9H2,1-2H3,(H,11,12,13). The summed E-state index contributed by atoms with van der Waals surface area (Å²) in [7, 11) is -4.53. The molecule has 0 aliphatic carbocycles. The fourth-order valence-electron chi connectivity index (χ4n) is 1.41. The van der Waals surface area contributed by atoms with E-state index < -0.39 is 10.4 Å². The molecule has 0 rings (SSSR count). The summed E-state index contributed by atoms with van der Waals surface area (Å²) in [5.41, 5.74) is 0. The van der Waals surface area contributed by atoms with Gasteiger partial charge in [-0.2, -0.15) is 8.42 Å². The Morgan fingerprint density at radius 2 is 1.82 bits per heavy atom. The Morgan fingerprint density at radius 1 is 1.12 bits per heavy atom. The molecular formula is C10H22O6S. The molecule has 1 atom stereocenters. The van der Waals surface area contributed by atoms with Gasteiger partial charge in [-0.1, -0.05) is 37.4 Å². The van der Waals surface area contributed by atoms with E-state index in [1.807, 2.05) is 0 Å². The summed E-state index contributed by atoms with van der Waals surface area (Å²) in [6.45, 7) is 4.41. The number of rotatable bonds is 11. The van der Waals surface area contributed by atoms with Gasteiger partial charge in [0.15, 0.2) is 0 Å². The average Bonchev–Trinajstić information content (AvgIpc) is 2.23. The highest BCUT2D eigenvalue weighted by Gasteiger charge is 2.08. The van der Waals surface area contributed by atoms with Crippen molar-refractivity contribution in [1.82, 2.24) is 0 Å². The molecule has 0 bridgehead atoms. The van der Waals surface area contributed by atoms with Crippen molar-refractivity contribution in [3.8, 4) is 0 Å². The summed E-state index contributed by atoms with van der Waals surface area (Å²) >= 11 is 0. The molecule has 0 aromatic carbocycles. The summed E-state index contributed by atoms with van der Waals surface area (Å²) in [6, 6.07) is 0. The topological polar surface area (TPSA) is 82.1 Å². The maximum Gasteiger partial charge on any atom is 0.424 e. The highest BCUT2D eigenvalue weighted by molar-refractivity contribution is 7.80. The number of unbranched alkanes of at least 4 members (excludes halogenated alkanes) is 1. The molecule has 0 aliphatic rings. The molecule has 0 fully saturated rings. The Balaban J connectivity index is 3.60. The van der Waals surface area contributed by atoms with Crippen LogP contribution in [0.3, 0.4) is 0 Å². The molecule has 7 heteroatoms. The van der Waals surface area contributed by atoms with E-state index in [2.05, 4.69) is 23.1 Å². The van der Waals surface area contributed by atoms with Crippen molar-refractivity contribution in [3.63, 3.8) is 0 Å². The lowest BCUT2D eigenvalue weighted by atomic mass is 10.1. The van der Waals surface area contributed by atoms with E-state index in [0.717, 1.165) is 32.1 Å². The molecule has 104 valence electrons. The lowest BCUT2D eigenvalue weighted by Gasteiger charge is -2.16. The largest absolute Gasteiger partial charge is 0.424 e. The van der Waals surface area contributed by atoms with Crippen LogP contribution in [0.5, 0.6) is 0 Å². The molecule has 0 saturated heterocycles. The first kappa shape index (κ1) is 16.8. The molecule has 0 saturated carbocycles.